The van der Waals surface area contributed by atoms with Crippen molar-refractivity contribution in [3.05, 3.63) is 29.8 Å². The maximum atomic E-state index is 13.0. The Labute approximate surface area is 156 Å². The molecule has 0 unspecified atom stereocenters. The molecule has 2 N–H and O–H groups in total. The summed E-state index contributed by atoms with van der Waals surface area (Å²) in [5.41, 5.74) is -0.248. The monoisotopic (exact) mass is 360 g/mol. The van der Waals surface area contributed by atoms with Gasteiger partial charge in [-0.3, -0.25) is 4.79 Å². The number of aliphatic hydroxyl groups is 1. The normalized spacial score (nSPS) is 25.2. The molecule has 1 saturated heterocycles. The molecular weight excluding hydrogens is 328 g/mol. The smallest absolute Gasteiger partial charge is 0.256 e. The number of nitrogens with zero attached hydrogens (tertiary/aromatic N) is 1. The molecule has 144 valence electrons. The van der Waals surface area contributed by atoms with E-state index >= 15 is 0 Å². The van der Waals surface area contributed by atoms with Gasteiger partial charge in [0.1, 0.15) is 5.75 Å². The van der Waals surface area contributed by atoms with Crippen LogP contribution in [0.5, 0.6) is 5.75 Å². The number of methoxy groups -OCH3 is 1. The Morgan fingerprint density at radius 1 is 1.23 bits per heavy atom. The predicted octanol–water partition coefficient (Wildman–Crippen LogP) is 2.86. The van der Waals surface area contributed by atoms with E-state index in [-0.39, 0.29) is 5.91 Å². The first-order valence-corrected chi connectivity index (χ1v) is 9.99. The van der Waals surface area contributed by atoms with Gasteiger partial charge in [0.25, 0.3) is 5.91 Å². The summed E-state index contributed by atoms with van der Waals surface area (Å²) in [6.07, 6.45) is 8.76. The van der Waals surface area contributed by atoms with Crippen molar-refractivity contribution in [1.82, 2.24) is 10.2 Å². The molecule has 0 bridgehead atoms. The van der Waals surface area contributed by atoms with Crippen molar-refractivity contribution < 1.29 is 14.6 Å². The summed E-state index contributed by atoms with van der Waals surface area (Å²) in [7, 11) is 1.64. The van der Waals surface area contributed by atoms with Gasteiger partial charge in [-0.15, -0.1) is 0 Å². The van der Waals surface area contributed by atoms with Gasteiger partial charge in [0.2, 0.25) is 0 Å². The fourth-order valence-corrected chi connectivity index (χ4v) is 4.17. The summed E-state index contributed by atoms with van der Waals surface area (Å²) >= 11 is 0. The minimum absolute atomic E-state index is 0.146. The van der Waals surface area contributed by atoms with E-state index in [0.717, 1.165) is 30.6 Å². The van der Waals surface area contributed by atoms with Crippen molar-refractivity contribution >= 4 is 5.91 Å². The third-order valence-electron chi connectivity index (χ3n) is 5.75. The van der Waals surface area contributed by atoms with Crippen LogP contribution < -0.4 is 10.1 Å². The molecule has 1 heterocycles. The number of ether oxygens (including phenoxy) is 1. The summed E-state index contributed by atoms with van der Waals surface area (Å²) in [5, 5.41) is 14.5. The van der Waals surface area contributed by atoms with Crippen molar-refractivity contribution in [1.29, 1.82) is 0 Å². The van der Waals surface area contributed by atoms with Gasteiger partial charge in [0.15, 0.2) is 5.60 Å². The second-order valence-electron chi connectivity index (χ2n) is 7.78. The Morgan fingerprint density at radius 2 is 2.00 bits per heavy atom. The molecule has 2 fully saturated rings. The summed E-state index contributed by atoms with van der Waals surface area (Å²) in [6, 6.07) is 8.21. The molecule has 1 aliphatic heterocycles. The average Bonchev–Trinajstić information content (AvgIpc) is 2.93. The fourth-order valence-electron chi connectivity index (χ4n) is 4.17. The number of amides is 1. The summed E-state index contributed by atoms with van der Waals surface area (Å²) < 4.78 is 5.26. The number of hydrogen-bond donors (Lipinski definition) is 2. The van der Waals surface area contributed by atoms with Crippen LogP contribution in [0.2, 0.25) is 0 Å². The van der Waals surface area contributed by atoms with Crippen molar-refractivity contribution in [2.24, 2.45) is 0 Å². The number of likely N-dealkylation sites (tertiary alicyclic amines) is 1. The van der Waals surface area contributed by atoms with Gasteiger partial charge in [0, 0.05) is 25.7 Å². The lowest BCUT2D eigenvalue weighted by Crippen LogP contribution is -2.58. The standard InChI is InChI=1S/C21H32N2O3/c1-26-19-11-6-8-17(14-19)15-23-13-7-12-21(25,20(23)24)16-22-18-9-4-2-3-5-10-18/h6,8,11,14,18,22,25H,2-5,7,9-10,12-13,15-16H2,1H3/t21-/m1/s1. The molecule has 1 aromatic rings. The molecule has 0 radical (unpaired) electrons. The molecule has 1 aromatic carbocycles. The highest BCUT2D eigenvalue weighted by Crippen LogP contribution is 2.26. The van der Waals surface area contributed by atoms with Gasteiger partial charge in [-0.2, -0.15) is 0 Å². The lowest BCUT2D eigenvalue weighted by molar-refractivity contribution is -0.157. The Kier molecular flexibility index (Phi) is 6.54. The van der Waals surface area contributed by atoms with E-state index in [2.05, 4.69) is 5.32 Å². The zero-order chi connectivity index (χ0) is 18.4. The van der Waals surface area contributed by atoms with Crippen LogP contribution in [0, 0.1) is 0 Å². The van der Waals surface area contributed by atoms with E-state index < -0.39 is 5.60 Å². The Balaban J connectivity index is 1.60. The maximum Gasteiger partial charge on any atom is 0.256 e. The lowest BCUT2D eigenvalue weighted by Gasteiger charge is -2.39. The zero-order valence-electron chi connectivity index (χ0n) is 15.9. The molecule has 0 aromatic heterocycles. The molecule has 5 heteroatoms. The molecule has 26 heavy (non-hydrogen) atoms. The Bertz CT molecular complexity index is 599. The van der Waals surface area contributed by atoms with Crippen molar-refractivity contribution in [2.45, 2.75) is 69.6 Å². The van der Waals surface area contributed by atoms with E-state index in [9.17, 15) is 9.90 Å². The highest BCUT2D eigenvalue weighted by atomic mass is 16.5. The first-order chi connectivity index (χ1) is 12.6. The molecule has 2 aliphatic rings. The lowest BCUT2D eigenvalue weighted by atomic mass is 9.90. The van der Waals surface area contributed by atoms with Crippen LogP contribution in [-0.2, 0) is 11.3 Å². The second-order valence-corrected chi connectivity index (χ2v) is 7.78. The summed E-state index contributed by atoms with van der Waals surface area (Å²) in [6.45, 7) is 1.58. The van der Waals surface area contributed by atoms with E-state index in [4.69, 9.17) is 4.74 Å². The van der Waals surface area contributed by atoms with E-state index in [1.165, 1.54) is 25.7 Å². The van der Waals surface area contributed by atoms with Crippen LogP contribution >= 0.6 is 0 Å². The third-order valence-corrected chi connectivity index (χ3v) is 5.75. The minimum atomic E-state index is -1.27. The van der Waals surface area contributed by atoms with Crippen LogP contribution in [0.3, 0.4) is 0 Å². The molecule has 1 aliphatic carbocycles. The highest BCUT2D eigenvalue weighted by molar-refractivity contribution is 5.86. The average molecular weight is 360 g/mol. The topological polar surface area (TPSA) is 61.8 Å². The van der Waals surface area contributed by atoms with Gasteiger partial charge >= 0.3 is 0 Å². The first kappa shape index (κ1) is 19.2. The van der Waals surface area contributed by atoms with Crippen LogP contribution in [0.25, 0.3) is 0 Å². The molecule has 0 spiro atoms. The predicted molar refractivity (Wildman–Crippen MR) is 102 cm³/mol. The van der Waals surface area contributed by atoms with Gasteiger partial charge in [0.05, 0.1) is 7.11 Å². The van der Waals surface area contributed by atoms with E-state index in [0.29, 0.717) is 32.1 Å². The van der Waals surface area contributed by atoms with Crippen LogP contribution in [0.15, 0.2) is 24.3 Å². The fraction of sp³-hybridized carbons (Fsp3) is 0.667. The van der Waals surface area contributed by atoms with Gasteiger partial charge in [-0.05, 0) is 43.4 Å². The molecule has 1 saturated carbocycles. The number of hydrogen-bond acceptors (Lipinski definition) is 4. The second kappa shape index (κ2) is 8.87. The molecular formula is C21H32N2O3. The van der Waals surface area contributed by atoms with Crippen LogP contribution in [-0.4, -0.2) is 47.8 Å². The Morgan fingerprint density at radius 3 is 2.73 bits per heavy atom. The number of rotatable bonds is 6. The van der Waals surface area contributed by atoms with E-state index in [1.54, 1.807) is 12.0 Å². The van der Waals surface area contributed by atoms with Gasteiger partial charge in [-0.25, -0.2) is 0 Å². The van der Waals surface area contributed by atoms with Crippen molar-refractivity contribution in [3.63, 3.8) is 0 Å². The molecule has 1 amide bonds. The first-order valence-electron chi connectivity index (χ1n) is 9.99. The SMILES string of the molecule is COc1cccc(CN2CCC[C@@](O)(CNC3CCCCCC3)C2=O)c1. The van der Waals surface area contributed by atoms with E-state index in [1.807, 2.05) is 24.3 Å². The quantitative estimate of drug-likeness (QED) is 0.766. The largest absolute Gasteiger partial charge is 0.497 e. The van der Waals surface area contributed by atoms with Gasteiger partial charge in [-0.1, -0.05) is 37.8 Å². The zero-order valence-corrected chi connectivity index (χ0v) is 15.9. The summed E-state index contributed by atoms with van der Waals surface area (Å²) in [4.78, 5) is 14.7. The van der Waals surface area contributed by atoms with Crippen LogP contribution in [0.4, 0.5) is 0 Å². The summed E-state index contributed by atoms with van der Waals surface area (Å²) in [5.74, 6) is 0.643. The Hall–Kier alpha value is -1.59. The van der Waals surface area contributed by atoms with Crippen molar-refractivity contribution in [3.8, 4) is 5.75 Å². The minimum Gasteiger partial charge on any atom is -0.497 e. The number of benzene rings is 1. The molecule has 3 rings (SSSR count). The van der Waals surface area contributed by atoms with Gasteiger partial charge < -0.3 is 20.1 Å². The van der Waals surface area contributed by atoms with Crippen molar-refractivity contribution in [2.75, 3.05) is 20.2 Å². The van der Waals surface area contributed by atoms with Crippen LogP contribution in [0.1, 0.15) is 56.9 Å². The highest BCUT2D eigenvalue weighted by Gasteiger charge is 2.42. The molecule has 1 atom stereocenters. The number of piperidine rings is 1. The molecule has 5 nitrogen and oxygen atoms in total. The number of carbonyl (C=O) groups is 1. The maximum absolute atomic E-state index is 13.0. The third kappa shape index (κ3) is 4.77. The number of carbonyl (C=O) groups excluding carboxylic acids is 1. The number of nitrogens with one attached hydrogen (secondary N) is 1.